The molecule has 3 nitrogen and oxygen atoms in total. The molecule has 158 valence electrons. The maximum Gasteiger partial charge on any atom is 0.164 e. The molecule has 0 spiro atoms. The number of anilines is 1. The van der Waals surface area contributed by atoms with Gasteiger partial charge < -0.3 is 9.46 Å². The van der Waals surface area contributed by atoms with Gasteiger partial charge in [0.05, 0.1) is 21.8 Å². The van der Waals surface area contributed by atoms with E-state index in [1.54, 1.807) is 18.3 Å². The first-order valence-corrected chi connectivity index (χ1v) is 11.7. The van der Waals surface area contributed by atoms with Crippen LogP contribution in [0.3, 0.4) is 0 Å². The molecule has 4 aromatic rings. The Morgan fingerprint density at radius 3 is 2.52 bits per heavy atom. The summed E-state index contributed by atoms with van der Waals surface area (Å²) >= 11 is 20.6. The lowest BCUT2D eigenvalue weighted by Gasteiger charge is -2.14. The number of nitrogens with zero attached hydrogens (tertiary/aromatic N) is 1. The Balaban J connectivity index is 1.52. The van der Waals surface area contributed by atoms with Crippen LogP contribution in [0.5, 0.6) is 11.5 Å². The Kier molecular flexibility index (Phi) is 7.13. The van der Waals surface area contributed by atoms with E-state index in [1.165, 1.54) is 17.5 Å². The van der Waals surface area contributed by atoms with Crippen LogP contribution in [-0.4, -0.2) is 4.98 Å². The first-order valence-electron chi connectivity index (χ1n) is 9.76. The van der Waals surface area contributed by atoms with E-state index in [9.17, 15) is 0 Å². The van der Waals surface area contributed by atoms with Crippen LogP contribution in [0.25, 0.3) is 10.9 Å². The second-order valence-corrected chi connectivity index (χ2v) is 9.04. The Morgan fingerprint density at radius 2 is 1.74 bits per heavy atom. The predicted octanol–water partition coefficient (Wildman–Crippen LogP) is 9.06. The summed E-state index contributed by atoms with van der Waals surface area (Å²) in [5.41, 5.74) is 2.88. The van der Waals surface area contributed by atoms with Gasteiger partial charge in [-0.15, -0.1) is 0 Å². The molecule has 0 aliphatic heterocycles. The maximum absolute atomic E-state index is 6.49. The molecule has 0 unspecified atom stereocenters. The van der Waals surface area contributed by atoms with Crippen LogP contribution in [0, 0.1) is 0 Å². The average molecular weight is 490 g/mol. The normalized spacial score (nSPS) is 11.0. The molecule has 3 aromatic carbocycles. The summed E-state index contributed by atoms with van der Waals surface area (Å²) in [6.07, 6.45) is 3.66. The number of para-hydroxylation sites is 1. The smallest absolute Gasteiger partial charge is 0.164 e. The first kappa shape index (κ1) is 22.1. The highest BCUT2D eigenvalue weighted by Gasteiger charge is 2.13. The zero-order valence-electron chi connectivity index (χ0n) is 16.7. The van der Waals surface area contributed by atoms with Crippen molar-refractivity contribution < 1.29 is 4.74 Å². The van der Waals surface area contributed by atoms with Crippen molar-refractivity contribution in [2.24, 2.45) is 0 Å². The number of hydrogen-bond donors (Lipinski definition) is 1. The Bertz CT molecular complexity index is 1210. The molecule has 31 heavy (non-hydrogen) atoms. The van der Waals surface area contributed by atoms with Crippen LogP contribution >= 0.6 is 46.8 Å². The van der Waals surface area contributed by atoms with Crippen molar-refractivity contribution in [2.45, 2.75) is 24.7 Å². The van der Waals surface area contributed by atoms with E-state index < -0.39 is 0 Å². The predicted molar refractivity (Wildman–Crippen MR) is 133 cm³/mol. The van der Waals surface area contributed by atoms with Crippen molar-refractivity contribution >= 4 is 63.3 Å². The molecular formula is C24H19Cl3N2OS. The van der Waals surface area contributed by atoms with Gasteiger partial charge in [-0.05, 0) is 66.4 Å². The zero-order chi connectivity index (χ0) is 21.8. The highest BCUT2D eigenvalue weighted by atomic mass is 35.5. The molecule has 0 saturated heterocycles. The molecule has 0 fully saturated rings. The number of benzene rings is 3. The third kappa shape index (κ3) is 5.39. The minimum Gasteiger partial charge on any atom is -0.453 e. The monoisotopic (exact) mass is 488 g/mol. The van der Waals surface area contributed by atoms with Crippen molar-refractivity contribution in [1.29, 1.82) is 0 Å². The minimum absolute atomic E-state index is 0.397. The van der Waals surface area contributed by atoms with E-state index in [0.29, 0.717) is 21.5 Å². The van der Waals surface area contributed by atoms with Gasteiger partial charge in [0.15, 0.2) is 5.75 Å². The van der Waals surface area contributed by atoms with Crippen molar-refractivity contribution in [1.82, 2.24) is 4.98 Å². The van der Waals surface area contributed by atoms with Gasteiger partial charge in [-0.25, -0.2) is 0 Å². The number of halogens is 3. The van der Waals surface area contributed by atoms with Gasteiger partial charge in [0.1, 0.15) is 5.75 Å². The average Bonchev–Trinajstić information content (AvgIpc) is 2.76. The number of pyridine rings is 1. The molecule has 7 heteroatoms. The highest BCUT2D eigenvalue weighted by molar-refractivity contribution is 8.00. The summed E-state index contributed by atoms with van der Waals surface area (Å²) in [5, 5.41) is 2.54. The fraction of sp³-hybridized carbons (Fsp3) is 0.125. The molecule has 4 rings (SSSR count). The van der Waals surface area contributed by atoms with Crippen LogP contribution in [0.1, 0.15) is 18.9 Å². The Labute approximate surface area is 200 Å². The second kappa shape index (κ2) is 10.0. The van der Waals surface area contributed by atoms with Crippen LogP contribution in [-0.2, 0) is 6.42 Å². The van der Waals surface area contributed by atoms with Crippen LogP contribution in [0.4, 0.5) is 5.69 Å². The molecule has 1 N–H and O–H groups in total. The van der Waals surface area contributed by atoms with Crippen LogP contribution in [0.2, 0.25) is 15.1 Å². The molecule has 0 saturated carbocycles. The first-order chi connectivity index (χ1) is 15.0. The van der Waals surface area contributed by atoms with Crippen molar-refractivity contribution in [3.63, 3.8) is 0 Å². The molecular weight excluding hydrogens is 471 g/mol. The number of fused-ring (bicyclic) bond motifs is 1. The van der Waals surface area contributed by atoms with Crippen LogP contribution in [0.15, 0.2) is 71.8 Å². The quantitative estimate of drug-likeness (QED) is 0.262. The molecule has 0 amide bonds. The molecule has 0 atom stereocenters. The fourth-order valence-corrected chi connectivity index (χ4v) is 4.70. The maximum atomic E-state index is 6.49. The summed E-state index contributed by atoms with van der Waals surface area (Å²) in [6, 6.07) is 19.2. The van der Waals surface area contributed by atoms with Gasteiger partial charge in [-0.3, -0.25) is 4.98 Å². The van der Waals surface area contributed by atoms with E-state index in [2.05, 4.69) is 16.6 Å². The SMILES string of the molecule is CCCc1cc(Cl)ccc1SNc1cc(Cl)c(Oc2cnc3ccccc3c2)c(Cl)c1. The lowest BCUT2D eigenvalue weighted by Crippen LogP contribution is -1.94. The van der Waals surface area contributed by atoms with E-state index in [4.69, 9.17) is 39.5 Å². The summed E-state index contributed by atoms with van der Waals surface area (Å²) in [4.78, 5) is 5.52. The van der Waals surface area contributed by atoms with Gasteiger partial charge in [0.25, 0.3) is 0 Å². The molecule has 0 bridgehead atoms. The lowest BCUT2D eigenvalue weighted by molar-refractivity contribution is 0.482. The van der Waals surface area contributed by atoms with Gasteiger partial charge in [-0.1, -0.05) is 66.3 Å². The number of ether oxygens (including phenoxy) is 1. The van der Waals surface area contributed by atoms with Gasteiger partial charge >= 0.3 is 0 Å². The largest absolute Gasteiger partial charge is 0.453 e. The Hall–Kier alpha value is -2.11. The van der Waals surface area contributed by atoms with Crippen molar-refractivity contribution in [3.8, 4) is 11.5 Å². The molecule has 1 heterocycles. The number of nitrogens with one attached hydrogen (secondary N) is 1. The third-order valence-corrected chi connectivity index (χ3v) is 6.36. The molecule has 0 aliphatic carbocycles. The standard InChI is InChI=1S/C24H19Cl3N2OS/c1-2-5-16-10-17(25)8-9-23(16)31-29-18-12-20(26)24(21(27)13-18)30-19-11-15-6-3-4-7-22(15)28-14-19/h3-4,6-14,29H,2,5H2,1H3. The van der Waals surface area contributed by atoms with E-state index in [0.717, 1.165) is 39.4 Å². The van der Waals surface area contributed by atoms with Crippen LogP contribution < -0.4 is 9.46 Å². The minimum atomic E-state index is 0.397. The number of rotatable bonds is 7. The van der Waals surface area contributed by atoms with E-state index >= 15 is 0 Å². The number of aryl methyl sites for hydroxylation is 1. The zero-order valence-corrected chi connectivity index (χ0v) is 19.7. The summed E-state index contributed by atoms with van der Waals surface area (Å²) < 4.78 is 9.27. The van der Waals surface area contributed by atoms with Gasteiger partial charge in [-0.2, -0.15) is 0 Å². The number of aromatic nitrogens is 1. The van der Waals surface area contributed by atoms with E-state index in [1.807, 2.05) is 48.5 Å². The Morgan fingerprint density at radius 1 is 0.968 bits per heavy atom. The van der Waals surface area contributed by atoms with Crippen molar-refractivity contribution in [2.75, 3.05) is 4.72 Å². The molecule has 0 radical (unpaired) electrons. The number of hydrogen-bond acceptors (Lipinski definition) is 4. The van der Waals surface area contributed by atoms with Gasteiger partial charge in [0, 0.05) is 21.0 Å². The summed E-state index contributed by atoms with van der Waals surface area (Å²) in [7, 11) is 0. The highest BCUT2D eigenvalue weighted by Crippen LogP contribution is 2.40. The van der Waals surface area contributed by atoms with E-state index in [-0.39, 0.29) is 0 Å². The molecule has 0 aliphatic rings. The van der Waals surface area contributed by atoms with Gasteiger partial charge in [0.2, 0.25) is 0 Å². The topological polar surface area (TPSA) is 34.1 Å². The summed E-state index contributed by atoms with van der Waals surface area (Å²) in [6.45, 7) is 2.14. The lowest BCUT2D eigenvalue weighted by atomic mass is 10.1. The second-order valence-electron chi connectivity index (χ2n) is 6.94. The van der Waals surface area contributed by atoms with Crippen molar-refractivity contribution in [3.05, 3.63) is 87.5 Å². The third-order valence-electron chi connectivity index (χ3n) is 4.60. The fourth-order valence-electron chi connectivity index (χ4n) is 3.17. The molecule has 1 aromatic heterocycles. The summed E-state index contributed by atoms with van der Waals surface area (Å²) in [5.74, 6) is 0.970.